The van der Waals surface area contributed by atoms with Gasteiger partial charge in [-0.25, -0.2) is 4.39 Å². The standard InChI is InChI=1S/C20H18FN3O3/c21-16-4-2-1-3-15(16)18-10-14(22-27-18)11-23-5-6-24(20(26)19(23)25)17-9-12-7-13(17)8-12/h1-6,10,12-13,17H,7-9,11H2/t12?,13?,17-/m1/s1. The molecule has 0 aliphatic heterocycles. The zero-order chi connectivity index (χ0) is 18.5. The van der Waals surface area contributed by atoms with Gasteiger partial charge in [-0.05, 0) is 43.2 Å². The minimum absolute atomic E-state index is 0.101. The van der Waals surface area contributed by atoms with E-state index < -0.39 is 16.9 Å². The summed E-state index contributed by atoms with van der Waals surface area (Å²) in [5, 5.41) is 3.91. The summed E-state index contributed by atoms with van der Waals surface area (Å²) in [6.45, 7) is 0.101. The Balaban J connectivity index is 1.42. The number of nitrogens with zero attached hydrogens (tertiary/aromatic N) is 3. The Kier molecular flexibility index (Phi) is 3.63. The van der Waals surface area contributed by atoms with Crippen molar-refractivity contribution in [3.05, 3.63) is 74.9 Å². The fourth-order valence-electron chi connectivity index (χ4n) is 4.42. The molecule has 0 radical (unpaired) electrons. The van der Waals surface area contributed by atoms with Crippen LogP contribution in [0.4, 0.5) is 4.39 Å². The molecular formula is C20H18FN3O3. The molecule has 3 fully saturated rings. The molecule has 3 saturated carbocycles. The molecule has 0 N–H and O–H groups in total. The van der Waals surface area contributed by atoms with E-state index in [9.17, 15) is 14.0 Å². The van der Waals surface area contributed by atoms with Gasteiger partial charge in [-0.2, -0.15) is 0 Å². The van der Waals surface area contributed by atoms with Crippen molar-refractivity contribution in [3.63, 3.8) is 0 Å². The molecule has 1 atom stereocenters. The fourth-order valence-corrected chi connectivity index (χ4v) is 4.42. The molecule has 3 aliphatic rings. The first kappa shape index (κ1) is 16.2. The first-order valence-corrected chi connectivity index (χ1v) is 9.12. The predicted octanol–water partition coefficient (Wildman–Crippen LogP) is 2.82. The minimum Gasteiger partial charge on any atom is -0.356 e. The Morgan fingerprint density at radius 2 is 1.93 bits per heavy atom. The van der Waals surface area contributed by atoms with Crippen LogP contribution in [0.15, 0.2) is 56.8 Å². The molecule has 3 aliphatic carbocycles. The summed E-state index contributed by atoms with van der Waals surface area (Å²) in [5.41, 5.74) is -0.306. The Labute approximate surface area is 153 Å². The molecule has 0 amide bonds. The zero-order valence-corrected chi connectivity index (χ0v) is 14.5. The quantitative estimate of drug-likeness (QED) is 0.665. The summed E-state index contributed by atoms with van der Waals surface area (Å²) in [6.07, 6.45) is 6.64. The van der Waals surface area contributed by atoms with Crippen molar-refractivity contribution in [3.8, 4) is 11.3 Å². The van der Waals surface area contributed by atoms with E-state index in [2.05, 4.69) is 5.16 Å². The molecular weight excluding hydrogens is 349 g/mol. The third-order valence-corrected chi connectivity index (χ3v) is 5.86. The van der Waals surface area contributed by atoms with Gasteiger partial charge in [0.05, 0.1) is 12.1 Å². The van der Waals surface area contributed by atoms with E-state index in [4.69, 9.17) is 4.52 Å². The summed E-state index contributed by atoms with van der Waals surface area (Å²) in [5.74, 6) is 1.12. The average Bonchev–Trinajstić information content (AvgIpc) is 3.35. The Morgan fingerprint density at radius 3 is 2.67 bits per heavy atom. The van der Waals surface area contributed by atoms with E-state index in [-0.39, 0.29) is 18.3 Å². The van der Waals surface area contributed by atoms with Crippen LogP contribution in [0.2, 0.25) is 0 Å². The highest BCUT2D eigenvalue weighted by Gasteiger charge is 2.45. The van der Waals surface area contributed by atoms with Crippen molar-refractivity contribution in [1.82, 2.24) is 14.3 Å². The van der Waals surface area contributed by atoms with E-state index >= 15 is 0 Å². The molecule has 138 valence electrons. The van der Waals surface area contributed by atoms with Crippen molar-refractivity contribution < 1.29 is 8.91 Å². The van der Waals surface area contributed by atoms with Gasteiger partial charge in [-0.15, -0.1) is 0 Å². The van der Waals surface area contributed by atoms with Gasteiger partial charge in [0.1, 0.15) is 11.5 Å². The van der Waals surface area contributed by atoms with Gasteiger partial charge in [0.25, 0.3) is 0 Å². The highest BCUT2D eigenvalue weighted by molar-refractivity contribution is 5.57. The van der Waals surface area contributed by atoms with Crippen LogP contribution in [0, 0.1) is 17.7 Å². The van der Waals surface area contributed by atoms with E-state index in [0.717, 1.165) is 19.3 Å². The molecule has 6 nitrogen and oxygen atoms in total. The third kappa shape index (κ3) is 2.65. The molecule has 27 heavy (non-hydrogen) atoms. The number of benzene rings is 1. The number of hydrogen-bond acceptors (Lipinski definition) is 4. The van der Waals surface area contributed by atoms with Gasteiger partial charge in [-0.1, -0.05) is 17.3 Å². The number of rotatable bonds is 4. The lowest BCUT2D eigenvalue weighted by Gasteiger charge is -2.25. The van der Waals surface area contributed by atoms with E-state index in [1.54, 1.807) is 41.2 Å². The van der Waals surface area contributed by atoms with Crippen LogP contribution in [0.3, 0.4) is 0 Å². The summed E-state index contributed by atoms with van der Waals surface area (Å²) in [7, 11) is 0. The topological polar surface area (TPSA) is 70.0 Å². The van der Waals surface area contributed by atoms with Crippen LogP contribution in [0.25, 0.3) is 11.3 Å². The maximum Gasteiger partial charge on any atom is 0.316 e. The van der Waals surface area contributed by atoms with Crippen LogP contribution in [-0.4, -0.2) is 14.3 Å². The van der Waals surface area contributed by atoms with Crippen molar-refractivity contribution in [2.75, 3.05) is 0 Å². The molecule has 6 rings (SSSR count). The average molecular weight is 367 g/mol. The van der Waals surface area contributed by atoms with Crippen LogP contribution in [0.1, 0.15) is 31.0 Å². The molecule has 1 aromatic carbocycles. The highest BCUT2D eigenvalue weighted by atomic mass is 19.1. The van der Waals surface area contributed by atoms with Crippen molar-refractivity contribution >= 4 is 0 Å². The SMILES string of the molecule is O=c1c(=O)n([C@@H]2CC3CC2C3)ccn1Cc1cc(-c2ccccc2F)on1. The monoisotopic (exact) mass is 367 g/mol. The maximum absolute atomic E-state index is 13.9. The molecule has 0 unspecified atom stereocenters. The normalized spacial score (nSPS) is 23.4. The van der Waals surface area contributed by atoms with Crippen LogP contribution in [-0.2, 0) is 6.54 Å². The number of hydrogen-bond donors (Lipinski definition) is 0. The van der Waals surface area contributed by atoms with E-state index in [1.807, 2.05) is 0 Å². The first-order valence-electron chi connectivity index (χ1n) is 9.12. The van der Waals surface area contributed by atoms with Gasteiger partial charge in [0.15, 0.2) is 5.76 Å². The van der Waals surface area contributed by atoms with Crippen molar-refractivity contribution in [2.45, 2.75) is 31.8 Å². The number of fused-ring (bicyclic) bond motifs is 1. The second-order valence-electron chi connectivity index (χ2n) is 7.51. The fraction of sp³-hybridized carbons (Fsp3) is 0.350. The maximum atomic E-state index is 13.9. The van der Waals surface area contributed by atoms with Crippen molar-refractivity contribution in [2.24, 2.45) is 11.8 Å². The first-order chi connectivity index (χ1) is 13.1. The predicted molar refractivity (Wildman–Crippen MR) is 95.8 cm³/mol. The molecule has 2 aromatic heterocycles. The molecule has 0 spiro atoms. The largest absolute Gasteiger partial charge is 0.356 e. The van der Waals surface area contributed by atoms with Crippen molar-refractivity contribution in [1.29, 1.82) is 0 Å². The molecule has 0 saturated heterocycles. The third-order valence-electron chi connectivity index (χ3n) is 5.86. The highest BCUT2D eigenvalue weighted by Crippen LogP contribution is 2.54. The smallest absolute Gasteiger partial charge is 0.316 e. The lowest BCUT2D eigenvalue weighted by atomic mass is 9.84. The molecule has 2 heterocycles. The van der Waals surface area contributed by atoms with Crippen LogP contribution in [0.5, 0.6) is 0 Å². The number of aromatic nitrogens is 3. The molecule has 2 bridgehead atoms. The number of halogens is 1. The summed E-state index contributed by atoms with van der Waals surface area (Å²) < 4.78 is 22.0. The van der Waals surface area contributed by atoms with Crippen LogP contribution < -0.4 is 11.1 Å². The van der Waals surface area contributed by atoms with E-state index in [1.165, 1.54) is 10.6 Å². The lowest BCUT2D eigenvalue weighted by Crippen LogP contribution is -2.42. The lowest BCUT2D eigenvalue weighted by molar-refractivity contribution is 0.271. The van der Waals surface area contributed by atoms with Gasteiger partial charge in [0, 0.05) is 24.5 Å². The van der Waals surface area contributed by atoms with Crippen LogP contribution >= 0.6 is 0 Å². The Morgan fingerprint density at radius 1 is 1.11 bits per heavy atom. The van der Waals surface area contributed by atoms with Gasteiger partial charge in [-0.3, -0.25) is 9.59 Å². The minimum atomic E-state index is -0.572. The van der Waals surface area contributed by atoms with Gasteiger partial charge in [0.2, 0.25) is 0 Å². The summed E-state index contributed by atoms with van der Waals surface area (Å²) in [4.78, 5) is 25.1. The van der Waals surface area contributed by atoms with Gasteiger partial charge >= 0.3 is 11.1 Å². The second kappa shape index (κ2) is 6.04. The summed E-state index contributed by atoms with van der Waals surface area (Å²) >= 11 is 0. The molecule has 3 aromatic rings. The Hall–Kier alpha value is -2.96. The molecule has 7 heteroatoms. The zero-order valence-electron chi connectivity index (χ0n) is 14.5. The van der Waals surface area contributed by atoms with E-state index in [0.29, 0.717) is 23.1 Å². The second-order valence-corrected chi connectivity index (χ2v) is 7.51. The Bertz CT molecular complexity index is 1120. The summed E-state index contributed by atoms with van der Waals surface area (Å²) in [6, 6.07) is 7.98. The van der Waals surface area contributed by atoms with Gasteiger partial charge < -0.3 is 13.7 Å².